The average molecular weight is 353 g/mol. The molecule has 4 heteroatoms. The second kappa shape index (κ2) is 9.27. The van der Waals surface area contributed by atoms with Gasteiger partial charge >= 0.3 is 0 Å². The van der Waals surface area contributed by atoms with Gasteiger partial charge in [-0.3, -0.25) is 0 Å². The van der Waals surface area contributed by atoms with Crippen molar-refractivity contribution in [1.82, 2.24) is 9.97 Å². The van der Waals surface area contributed by atoms with Gasteiger partial charge in [0.25, 0.3) is 0 Å². The summed E-state index contributed by atoms with van der Waals surface area (Å²) in [7, 11) is 0. The standard InChI is InChI=1S/C18H16FN3.2C2H6/c1-11-2-5-17-16(6-11)18(21-10-20-17)22-15-8-12-3-4-14(19)7-13(12)9-15;2*1-2/h2-7,10,15H,8-9H2,1H3,(H,20,21,22);2*1-2H3. The van der Waals surface area contributed by atoms with E-state index in [4.69, 9.17) is 0 Å². The molecule has 0 fully saturated rings. The summed E-state index contributed by atoms with van der Waals surface area (Å²) in [6, 6.07) is 11.5. The van der Waals surface area contributed by atoms with Crippen molar-refractivity contribution in [3.05, 3.63) is 65.2 Å². The molecule has 0 spiro atoms. The SMILES string of the molecule is CC.CC.Cc1ccc2ncnc(NC3Cc4ccc(F)cc4C3)c2c1. The Bertz CT molecular complexity index is 861. The third-order valence-electron chi connectivity index (χ3n) is 4.23. The summed E-state index contributed by atoms with van der Waals surface area (Å²) in [6.07, 6.45) is 3.30. The van der Waals surface area contributed by atoms with Crippen molar-refractivity contribution in [2.45, 2.75) is 53.5 Å². The zero-order chi connectivity index (χ0) is 19.1. The van der Waals surface area contributed by atoms with Crippen LogP contribution in [0.1, 0.15) is 44.4 Å². The molecule has 26 heavy (non-hydrogen) atoms. The average Bonchev–Trinajstić information content (AvgIpc) is 3.07. The molecule has 1 aromatic heterocycles. The first-order chi connectivity index (χ1) is 12.7. The van der Waals surface area contributed by atoms with E-state index in [-0.39, 0.29) is 11.9 Å². The van der Waals surface area contributed by atoms with E-state index in [1.54, 1.807) is 12.4 Å². The molecule has 1 unspecified atom stereocenters. The summed E-state index contributed by atoms with van der Waals surface area (Å²) >= 11 is 0. The van der Waals surface area contributed by atoms with Crippen molar-refractivity contribution >= 4 is 16.7 Å². The van der Waals surface area contributed by atoms with Crippen LogP contribution in [0.25, 0.3) is 10.9 Å². The zero-order valence-corrected chi connectivity index (χ0v) is 16.3. The van der Waals surface area contributed by atoms with Gasteiger partial charge in [-0.1, -0.05) is 45.4 Å². The van der Waals surface area contributed by atoms with E-state index in [0.29, 0.717) is 0 Å². The summed E-state index contributed by atoms with van der Waals surface area (Å²) in [5.74, 6) is 0.689. The van der Waals surface area contributed by atoms with Crippen molar-refractivity contribution in [3.63, 3.8) is 0 Å². The monoisotopic (exact) mass is 353 g/mol. The van der Waals surface area contributed by atoms with Crippen molar-refractivity contribution < 1.29 is 4.39 Å². The van der Waals surface area contributed by atoms with Crippen LogP contribution in [0.4, 0.5) is 10.2 Å². The second-order valence-electron chi connectivity index (χ2n) is 5.91. The molecule has 0 aliphatic heterocycles. The second-order valence-corrected chi connectivity index (χ2v) is 5.91. The first-order valence-corrected chi connectivity index (χ1v) is 9.44. The molecule has 3 aromatic rings. The minimum atomic E-state index is -0.164. The molecule has 1 heterocycles. The van der Waals surface area contributed by atoms with Crippen LogP contribution in [-0.4, -0.2) is 16.0 Å². The third-order valence-corrected chi connectivity index (χ3v) is 4.23. The first kappa shape index (κ1) is 19.8. The highest BCUT2D eigenvalue weighted by molar-refractivity contribution is 5.89. The molecular formula is C22H28FN3. The van der Waals surface area contributed by atoms with E-state index in [1.807, 2.05) is 45.9 Å². The molecule has 1 atom stereocenters. The number of nitrogens with one attached hydrogen (secondary N) is 1. The van der Waals surface area contributed by atoms with E-state index < -0.39 is 0 Å². The van der Waals surface area contributed by atoms with Crippen molar-refractivity contribution in [2.75, 3.05) is 5.32 Å². The number of aromatic nitrogens is 2. The molecule has 3 nitrogen and oxygen atoms in total. The molecule has 1 aliphatic carbocycles. The Morgan fingerprint density at radius 1 is 0.923 bits per heavy atom. The van der Waals surface area contributed by atoms with Crippen LogP contribution in [0, 0.1) is 12.7 Å². The summed E-state index contributed by atoms with van der Waals surface area (Å²) < 4.78 is 13.3. The maximum atomic E-state index is 13.3. The van der Waals surface area contributed by atoms with Crippen LogP contribution in [0.3, 0.4) is 0 Å². The van der Waals surface area contributed by atoms with Crippen LogP contribution in [0.15, 0.2) is 42.7 Å². The van der Waals surface area contributed by atoms with Crippen molar-refractivity contribution in [3.8, 4) is 0 Å². The highest BCUT2D eigenvalue weighted by Crippen LogP contribution is 2.27. The van der Waals surface area contributed by atoms with Gasteiger partial charge in [0.1, 0.15) is 18.0 Å². The van der Waals surface area contributed by atoms with Gasteiger partial charge in [-0.05, 0) is 55.2 Å². The van der Waals surface area contributed by atoms with E-state index >= 15 is 0 Å². The van der Waals surface area contributed by atoms with Crippen molar-refractivity contribution in [1.29, 1.82) is 0 Å². The minimum absolute atomic E-state index is 0.164. The topological polar surface area (TPSA) is 37.8 Å². The zero-order valence-electron chi connectivity index (χ0n) is 16.3. The Balaban J connectivity index is 0.000000570. The van der Waals surface area contributed by atoms with E-state index in [2.05, 4.69) is 28.3 Å². The van der Waals surface area contributed by atoms with Gasteiger partial charge in [0.05, 0.1) is 5.52 Å². The lowest BCUT2D eigenvalue weighted by Gasteiger charge is -2.14. The third kappa shape index (κ3) is 4.37. The lowest BCUT2D eigenvalue weighted by molar-refractivity contribution is 0.625. The maximum Gasteiger partial charge on any atom is 0.137 e. The fourth-order valence-corrected chi connectivity index (χ4v) is 3.17. The number of fused-ring (bicyclic) bond motifs is 2. The fraction of sp³-hybridized carbons (Fsp3) is 0.364. The van der Waals surface area contributed by atoms with E-state index in [1.165, 1.54) is 17.2 Å². The van der Waals surface area contributed by atoms with Crippen LogP contribution < -0.4 is 5.32 Å². The largest absolute Gasteiger partial charge is 0.366 e. The van der Waals surface area contributed by atoms with Gasteiger partial charge < -0.3 is 5.32 Å². The van der Waals surface area contributed by atoms with E-state index in [0.717, 1.165) is 35.1 Å². The molecule has 0 saturated heterocycles. The number of rotatable bonds is 2. The van der Waals surface area contributed by atoms with Crippen LogP contribution in [0.2, 0.25) is 0 Å². The van der Waals surface area contributed by atoms with Crippen LogP contribution >= 0.6 is 0 Å². The number of aryl methyl sites for hydroxylation is 1. The molecule has 0 saturated carbocycles. The number of hydrogen-bond donors (Lipinski definition) is 1. The molecule has 0 radical (unpaired) electrons. The summed E-state index contributed by atoms with van der Waals surface area (Å²) in [4.78, 5) is 8.70. The lowest BCUT2D eigenvalue weighted by Crippen LogP contribution is -2.20. The smallest absolute Gasteiger partial charge is 0.137 e. The molecule has 1 aliphatic rings. The quantitative estimate of drug-likeness (QED) is 0.641. The molecular weight excluding hydrogens is 325 g/mol. The van der Waals surface area contributed by atoms with Gasteiger partial charge in [0, 0.05) is 11.4 Å². The van der Waals surface area contributed by atoms with Gasteiger partial charge in [0.2, 0.25) is 0 Å². The Hall–Kier alpha value is -2.49. The van der Waals surface area contributed by atoms with Crippen LogP contribution in [0.5, 0.6) is 0 Å². The maximum absolute atomic E-state index is 13.3. The molecule has 4 rings (SSSR count). The Morgan fingerprint density at radius 2 is 1.65 bits per heavy atom. The number of benzene rings is 2. The minimum Gasteiger partial charge on any atom is -0.366 e. The summed E-state index contributed by atoms with van der Waals surface area (Å²) in [6.45, 7) is 10.1. The van der Waals surface area contributed by atoms with Gasteiger partial charge in [-0.25, -0.2) is 14.4 Å². The first-order valence-electron chi connectivity index (χ1n) is 9.44. The predicted molar refractivity (Wildman–Crippen MR) is 108 cm³/mol. The molecule has 2 aromatic carbocycles. The summed E-state index contributed by atoms with van der Waals surface area (Å²) in [5.41, 5.74) is 4.42. The highest BCUT2D eigenvalue weighted by Gasteiger charge is 2.22. The molecule has 0 amide bonds. The van der Waals surface area contributed by atoms with Gasteiger partial charge in [-0.2, -0.15) is 0 Å². The number of hydrogen-bond acceptors (Lipinski definition) is 3. The van der Waals surface area contributed by atoms with Gasteiger partial charge in [0.15, 0.2) is 0 Å². The molecule has 1 N–H and O–H groups in total. The van der Waals surface area contributed by atoms with Crippen LogP contribution in [-0.2, 0) is 12.8 Å². The number of nitrogens with zero attached hydrogens (tertiary/aromatic N) is 2. The Labute approximate surface area is 155 Å². The van der Waals surface area contributed by atoms with Crippen molar-refractivity contribution in [2.24, 2.45) is 0 Å². The lowest BCUT2D eigenvalue weighted by atomic mass is 10.1. The number of anilines is 1. The molecule has 138 valence electrons. The fourth-order valence-electron chi connectivity index (χ4n) is 3.17. The Morgan fingerprint density at radius 3 is 2.42 bits per heavy atom. The highest BCUT2D eigenvalue weighted by atomic mass is 19.1. The molecule has 0 bridgehead atoms. The predicted octanol–water partition coefficient (Wildman–Crippen LogP) is 5.71. The van der Waals surface area contributed by atoms with E-state index in [9.17, 15) is 4.39 Å². The Kier molecular flexibility index (Phi) is 7.07. The summed E-state index contributed by atoms with van der Waals surface area (Å²) in [5, 5.41) is 4.54. The normalized spacial score (nSPS) is 14.6. The number of halogens is 1. The van der Waals surface area contributed by atoms with Gasteiger partial charge in [-0.15, -0.1) is 0 Å².